The number of amides is 1. The van der Waals surface area contributed by atoms with Crippen LogP contribution in [0.3, 0.4) is 0 Å². The smallest absolute Gasteiger partial charge is 0.407 e. The number of nitrogens with one attached hydrogen (secondary N) is 1. The number of hydrogen-bond donors (Lipinski definition) is 1. The minimum Gasteiger partial charge on any atom is -0.444 e. The molecule has 0 aliphatic rings. The van der Waals surface area contributed by atoms with Gasteiger partial charge in [-0.3, -0.25) is 4.98 Å². The molecule has 1 amide bonds. The van der Waals surface area contributed by atoms with Crippen LogP contribution in [0.15, 0.2) is 60.9 Å². The lowest BCUT2D eigenvalue weighted by molar-refractivity contribution is 0.0524. The molecule has 0 fully saturated rings. The van der Waals surface area contributed by atoms with Crippen molar-refractivity contribution in [2.75, 3.05) is 0 Å². The Morgan fingerprint density at radius 2 is 1.85 bits per heavy atom. The van der Waals surface area contributed by atoms with E-state index in [9.17, 15) is 4.79 Å². The summed E-state index contributed by atoms with van der Waals surface area (Å²) >= 11 is 1.64. The van der Waals surface area contributed by atoms with Gasteiger partial charge in [-0.15, -0.1) is 11.3 Å². The summed E-state index contributed by atoms with van der Waals surface area (Å²) in [7, 11) is 0. The maximum Gasteiger partial charge on any atom is 0.407 e. The Labute approximate surface area is 157 Å². The van der Waals surface area contributed by atoms with Crippen molar-refractivity contribution in [2.45, 2.75) is 32.9 Å². The number of rotatable bonds is 4. The van der Waals surface area contributed by atoms with E-state index in [0.29, 0.717) is 6.54 Å². The zero-order chi connectivity index (χ0) is 18.6. The molecule has 0 radical (unpaired) electrons. The molecule has 0 saturated heterocycles. The lowest BCUT2D eigenvalue weighted by atomic mass is 10.0. The fourth-order valence-corrected chi connectivity index (χ4v) is 3.52. The Balaban J connectivity index is 1.76. The van der Waals surface area contributed by atoms with E-state index in [1.54, 1.807) is 11.3 Å². The van der Waals surface area contributed by atoms with Crippen molar-refractivity contribution in [3.63, 3.8) is 0 Å². The lowest BCUT2D eigenvalue weighted by Gasteiger charge is -2.19. The molecule has 0 saturated carbocycles. The average Bonchev–Trinajstić information content (AvgIpc) is 3.08. The molecule has 0 aliphatic carbocycles. The second-order valence-electron chi connectivity index (χ2n) is 6.91. The van der Waals surface area contributed by atoms with Gasteiger partial charge in [0.05, 0.1) is 6.54 Å². The Morgan fingerprint density at radius 3 is 2.58 bits per heavy atom. The SMILES string of the molecule is CC(C)(C)OC(=O)NCc1ccc(-c2cnccc2-c2ccccc2)s1. The number of alkyl carbamates (subject to hydrolysis) is 1. The van der Waals surface area contributed by atoms with E-state index < -0.39 is 11.7 Å². The first kappa shape index (κ1) is 18.1. The number of pyridine rings is 1. The fourth-order valence-electron chi connectivity index (χ4n) is 2.55. The van der Waals surface area contributed by atoms with E-state index in [4.69, 9.17) is 4.74 Å². The predicted molar refractivity (Wildman–Crippen MR) is 106 cm³/mol. The molecule has 5 heteroatoms. The first-order valence-electron chi connectivity index (χ1n) is 8.48. The average molecular weight is 366 g/mol. The third kappa shape index (κ3) is 4.70. The number of aromatic nitrogens is 1. The molecule has 3 aromatic rings. The molecular weight excluding hydrogens is 344 g/mol. The van der Waals surface area contributed by atoms with Crippen LogP contribution in [0.5, 0.6) is 0 Å². The molecule has 0 atom stereocenters. The predicted octanol–water partition coefficient (Wildman–Crippen LogP) is 5.50. The number of carbonyl (C=O) groups is 1. The topological polar surface area (TPSA) is 51.2 Å². The van der Waals surface area contributed by atoms with Crippen molar-refractivity contribution >= 4 is 17.4 Å². The monoisotopic (exact) mass is 366 g/mol. The first-order chi connectivity index (χ1) is 12.4. The normalized spacial score (nSPS) is 11.2. The van der Waals surface area contributed by atoms with E-state index in [2.05, 4.69) is 28.5 Å². The standard InChI is InChI=1S/C21H22N2O2S/c1-21(2,3)25-20(24)23-13-16-9-10-19(26-16)18-14-22-12-11-17(18)15-7-5-4-6-8-15/h4-12,14H,13H2,1-3H3,(H,23,24). The maximum atomic E-state index is 11.8. The van der Waals surface area contributed by atoms with Crippen LogP contribution in [0.4, 0.5) is 4.79 Å². The zero-order valence-corrected chi connectivity index (χ0v) is 16.0. The van der Waals surface area contributed by atoms with Gasteiger partial charge >= 0.3 is 6.09 Å². The van der Waals surface area contributed by atoms with Crippen molar-refractivity contribution in [1.82, 2.24) is 10.3 Å². The molecule has 0 aliphatic heterocycles. The van der Waals surface area contributed by atoms with Crippen molar-refractivity contribution in [2.24, 2.45) is 0 Å². The van der Waals surface area contributed by atoms with Gasteiger partial charge in [-0.25, -0.2) is 4.79 Å². The molecule has 1 N–H and O–H groups in total. The largest absolute Gasteiger partial charge is 0.444 e. The van der Waals surface area contributed by atoms with E-state index in [1.165, 1.54) is 0 Å². The second kappa shape index (κ2) is 7.70. The molecule has 0 bridgehead atoms. The molecule has 134 valence electrons. The summed E-state index contributed by atoms with van der Waals surface area (Å²) in [6, 6.07) is 16.4. The molecule has 2 heterocycles. The third-order valence-electron chi connectivity index (χ3n) is 3.64. The quantitative estimate of drug-likeness (QED) is 0.663. The molecule has 0 unspecified atom stereocenters. The minimum atomic E-state index is -0.495. The number of ether oxygens (including phenoxy) is 1. The van der Waals surface area contributed by atoms with Crippen LogP contribution in [0, 0.1) is 0 Å². The minimum absolute atomic E-state index is 0.404. The fraction of sp³-hybridized carbons (Fsp3) is 0.238. The molecule has 2 aromatic heterocycles. The van der Waals surface area contributed by atoms with Crippen molar-refractivity contribution < 1.29 is 9.53 Å². The summed E-state index contributed by atoms with van der Waals surface area (Å²) in [4.78, 5) is 18.3. The van der Waals surface area contributed by atoms with Crippen LogP contribution in [-0.2, 0) is 11.3 Å². The number of hydrogen-bond acceptors (Lipinski definition) is 4. The maximum absolute atomic E-state index is 11.8. The highest BCUT2D eigenvalue weighted by Crippen LogP contribution is 2.35. The van der Waals surface area contributed by atoms with Gasteiger partial charge in [0.2, 0.25) is 0 Å². The lowest BCUT2D eigenvalue weighted by Crippen LogP contribution is -2.31. The Hall–Kier alpha value is -2.66. The zero-order valence-electron chi connectivity index (χ0n) is 15.2. The van der Waals surface area contributed by atoms with Crippen molar-refractivity contribution in [3.05, 3.63) is 65.8 Å². The van der Waals surface area contributed by atoms with E-state index in [1.807, 2.05) is 63.5 Å². The van der Waals surface area contributed by atoms with Crippen LogP contribution in [-0.4, -0.2) is 16.7 Å². The number of benzene rings is 1. The summed E-state index contributed by atoms with van der Waals surface area (Å²) in [5, 5.41) is 2.80. The number of nitrogens with zero attached hydrogens (tertiary/aromatic N) is 1. The molecule has 3 rings (SSSR count). The highest BCUT2D eigenvalue weighted by molar-refractivity contribution is 7.15. The van der Waals surface area contributed by atoms with Gasteiger partial charge in [0, 0.05) is 27.7 Å². The number of carbonyl (C=O) groups excluding carboxylic acids is 1. The summed E-state index contributed by atoms with van der Waals surface area (Å²) in [6.45, 7) is 6.00. The second-order valence-corrected chi connectivity index (χ2v) is 8.08. The van der Waals surface area contributed by atoms with E-state index in [-0.39, 0.29) is 0 Å². The summed E-state index contributed by atoms with van der Waals surface area (Å²) in [5.41, 5.74) is 2.90. The van der Waals surface area contributed by atoms with Gasteiger partial charge < -0.3 is 10.1 Å². The van der Waals surface area contributed by atoms with Gasteiger partial charge in [0.25, 0.3) is 0 Å². The van der Waals surface area contributed by atoms with Gasteiger partial charge in [-0.05, 0) is 50.1 Å². The van der Waals surface area contributed by atoms with Gasteiger partial charge in [-0.1, -0.05) is 30.3 Å². The molecule has 0 spiro atoms. The van der Waals surface area contributed by atoms with Crippen LogP contribution >= 0.6 is 11.3 Å². The number of thiophene rings is 1. The van der Waals surface area contributed by atoms with Crippen LogP contribution in [0.2, 0.25) is 0 Å². The van der Waals surface area contributed by atoms with E-state index >= 15 is 0 Å². The van der Waals surface area contributed by atoms with Gasteiger partial charge in [-0.2, -0.15) is 0 Å². The van der Waals surface area contributed by atoms with Crippen molar-refractivity contribution in [1.29, 1.82) is 0 Å². The van der Waals surface area contributed by atoms with Crippen LogP contribution in [0.25, 0.3) is 21.6 Å². The molecule has 26 heavy (non-hydrogen) atoms. The summed E-state index contributed by atoms with van der Waals surface area (Å²) in [5.74, 6) is 0. The summed E-state index contributed by atoms with van der Waals surface area (Å²) < 4.78 is 5.27. The first-order valence-corrected chi connectivity index (χ1v) is 9.29. The van der Waals surface area contributed by atoms with E-state index in [0.717, 1.165) is 26.4 Å². The third-order valence-corrected chi connectivity index (χ3v) is 4.76. The highest BCUT2D eigenvalue weighted by atomic mass is 32.1. The Kier molecular flexibility index (Phi) is 5.38. The van der Waals surface area contributed by atoms with Crippen LogP contribution in [0.1, 0.15) is 25.6 Å². The Morgan fingerprint density at radius 1 is 1.08 bits per heavy atom. The summed E-state index contributed by atoms with van der Waals surface area (Å²) in [6.07, 6.45) is 3.29. The van der Waals surface area contributed by atoms with Gasteiger partial charge in [0.15, 0.2) is 0 Å². The Bertz CT molecular complexity index is 882. The van der Waals surface area contributed by atoms with Crippen molar-refractivity contribution in [3.8, 4) is 21.6 Å². The molecule has 4 nitrogen and oxygen atoms in total. The molecule has 1 aromatic carbocycles. The molecular formula is C21H22N2O2S. The van der Waals surface area contributed by atoms with Crippen LogP contribution < -0.4 is 5.32 Å². The highest BCUT2D eigenvalue weighted by Gasteiger charge is 2.16. The van der Waals surface area contributed by atoms with Gasteiger partial charge in [0.1, 0.15) is 5.60 Å².